The summed E-state index contributed by atoms with van der Waals surface area (Å²) in [7, 11) is 0. The van der Waals surface area contributed by atoms with Crippen LogP contribution in [0.2, 0.25) is 0 Å². The lowest BCUT2D eigenvalue weighted by molar-refractivity contribution is -0.433. The van der Waals surface area contributed by atoms with Crippen molar-refractivity contribution in [2.24, 2.45) is 5.92 Å². The zero-order valence-electron chi connectivity index (χ0n) is 9.93. The van der Waals surface area contributed by atoms with Gasteiger partial charge in [0.25, 0.3) is 0 Å². The number of alkyl halides is 2. The number of carbonyl (C=O) groups is 1. The van der Waals surface area contributed by atoms with Crippen molar-refractivity contribution in [2.75, 3.05) is 0 Å². The van der Waals surface area contributed by atoms with E-state index in [0.717, 1.165) is 19.3 Å². The molecule has 5 nitrogen and oxygen atoms in total. The van der Waals surface area contributed by atoms with Gasteiger partial charge < -0.3 is 4.74 Å². The first-order valence-corrected chi connectivity index (χ1v) is 6.48. The van der Waals surface area contributed by atoms with Crippen molar-refractivity contribution >= 4 is 18.0 Å². The molecule has 0 bridgehead atoms. The van der Waals surface area contributed by atoms with Crippen LogP contribution < -0.4 is 0 Å². The highest BCUT2D eigenvalue weighted by Gasteiger charge is 2.45. The molecule has 1 rings (SSSR count). The Hall–Kier alpha value is -0.440. The smallest absolute Gasteiger partial charge is 0.415 e. The first-order chi connectivity index (χ1) is 8.49. The fraction of sp³-hybridized carbons (Fsp3) is 0.900. The van der Waals surface area contributed by atoms with Crippen molar-refractivity contribution in [2.45, 2.75) is 50.4 Å². The van der Waals surface area contributed by atoms with Gasteiger partial charge in [0, 0.05) is 0 Å². The van der Waals surface area contributed by atoms with Crippen LogP contribution in [0.25, 0.3) is 0 Å². The summed E-state index contributed by atoms with van der Waals surface area (Å²) in [4.78, 5) is 11.2. The van der Waals surface area contributed by atoms with Crippen LogP contribution in [0.4, 0.5) is 8.78 Å². The molecule has 0 unspecified atom stereocenters. The Morgan fingerprint density at radius 3 is 2.50 bits per heavy atom. The number of carbonyl (C=O) groups excluding carboxylic acids is 1. The minimum Gasteiger partial charge on any atom is -0.457 e. The molecular weight excluding hydrogens is 270 g/mol. The summed E-state index contributed by atoms with van der Waals surface area (Å²) in [6.45, 7) is 2.08. The van der Waals surface area contributed by atoms with Gasteiger partial charge in [-0.25, -0.2) is 10.1 Å². The molecule has 0 aromatic rings. The molecule has 0 aliphatic heterocycles. The minimum atomic E-state index is -3.90. The standard InChI is InChI=1S/C10H16F2O5S/c1-2-7-3-5-8(6-4-7)15-9(13)10(11,12)18-17-16-14/h7-8,14H,2-6H2,1H3. The van der Waals surface area contributed by atoms with Crippen LogP contribution in [0.15, 0.2) is 0 Å². The molecule has 0 spiro atoms. The van der Waals surface area contributed by atoms with E-state index in [1.807, 2.05) is 0 Å². The Kier molecular flexibility index (Phi) is 6.27. The van der Waals surface area contributed by atoms with Crippen LogP contribution in [0.5, 0.6) is 0 Å². The normalized spacial score (nSPS) is 24.9. The van der Waals surface area contributed by atoms with Gasteiger partial charge in [0.05, 0.1) is 0 Å². The summed E-state index contributed by atoms with van der Waals surface area (Å²) >= 11 is -0.600. The molecule has 0 saturated heterocycles. The predicted molar refractivity (Wildman–Crippen MR) is 59.5 cm³/mol. The summed E-state index contributed by atoms with van der Waals surface area (Å²) in [6.07, 6.45) is 3.54. The first-order valence-electron chi connectivity index (χ1n) is 5.74. The van der Waals surface area contributed by atoms with E-state index in [4.69, 9.17) is 9.99 Å². The second kappa shape index (κ2) is 7.22. The van der Waals surface area contributed by atoms with E-state index >= 15 is 0 Å². The molecule has 0 aromatic heterocycles. The zero-order valence-corrected chi connectivity index (χ0v) is 10.8. The van der Waals surface area contributed by atoms with E-state index in [0.29, 0.717) is 18.8 Å². The predicted octanol–water partition coefficient (Wildman–Crippen LogP) is 3.16. The summed E-state index contributed by atoms with van der Waals surface area (Å²) in [6, 6.07) is 0. The van der Waals surface area contributed by atoms with E-state index in [1.165, 1.54) is 0 Å². The van der Waals surface area contributed by atoms with E-state index in [1.54, 1.807) is 0 Å². The fourth-order valence-corrected chi connectivity index (χ4v) is 2.20. The molecule has 1 aliphatic carbocycles. The third-order valence-electron chi connectivity index (χ3n) is 3.05. The van der Waals surface area contributed by atoms with Gasteiger partial charge in [-0.05, 0) is 31.6 Å². The fourth-order valence-electron chi connectivity index (χ4n) is 1.97. The zero-order chi connectivity index (χ0) is 13.6. The largest absolute Gasteiger partial charge is 0.457 e. The highest BCUT2D eigenvalue weighted by molar-refractivity contribution is 7.96. The lowest BCUT2D eigenvalue weighted by atomic mass is 9.86. The number of halogens is 2. The highest BCUT2D eigenvalue weighted by atomic mass is 32.2. The Labute approximate surface area is 108 Å². The SMILES string of the molecule is CCC1CCC(OC(=O)C(F)(F)SOOO)CC1. The van der Waals surface area contributed by atoms with Crippen molar-refractivity contribution in [3.8, 4) is 0 Å². The molecular formula is C10H16F2O5S. The van der Waals surface area contributed by atoms with E-state index in [-0.39, 0.29) is 0 Å². The maximum Gasteiger partial charge on any atom is 0.415 e. The van der Waals surface area contributed by atoms with Gasteiger partial charge in [-0.2, -0.15) is 8.78 Å². The third kappa shape index (κ3) is 4.68. The molecule has 1 aliphatic rings. The Bertz CT molecular complexity index is 269. The Morgan fingerprint density at radius 2 is 2.00 bits per heavy atom. The average Bonchev–Trinajstić information content (AvgIpc) is 2.37. The molecule has 18 heavy (non-hydrogen) atoms. The Morgan fingerprint density at radius 1 is 1.39 bits per heavy atom. The lowest BCUT2D eigenvalue weighted by Gasteiger charge is -2.28. The summed E-state index contributed by atoms with van der Waals surface area (Å²) in [5.41, 5.74) is 0. The first kappa shape index (κ1) is 15.6. The Balaban J connectivity index is 2.36. The van der Waals surface area contributed by atoms with Gasteiger partial charge in [-0.1, -0.05) is 18.4 Å². The van der Waals surface area contributed by atoms with Gasteiger partial charge in [0.15, 0.2) is 0 Å². The van der Waals surface area contributed by atoms with Crippen LogP contribution in [0.3, 0.4) is 0 Å². The molecule has 0 radical (unpaired) electrons. The molecule has 1 saturated carbocycles. The summed E-state index contributed by atoms with van der Waals surface area (Å²) in [5, 5.41) is 6.88. The maximum atomic E-state index is 13.1. The van der Waals surface area contributed by atoms with Gasteiger partial charge >= 0.3 is 11.2 Å². The summed E-state index contributed by atoms with van der Waals surface area (Å²) in [5.74, 6) is -1.09. The van der Waals surface area contributed by atoms with E-state index < -0.39 is 29.4 Å². The van der Waals surface area contributed by atoms with Crippen molar-refractivity contribution in [3.05, 3.63) is 0 Å². The van der Waals surface area contributed by atoms with Crippen molar-refractivity contribution in [1.82, 2.24) is 0 Å². The molecule has 0 amide bonds. The molecule has 0 heterocycles. The molecule has 106 valence electrons. The van der Waals surface area contributed by atoms with Gasteiger partial charge in [-0.3, -0.25) is 0 Å². The van der Waals surface area contributed by atoms with Gasteiger partial charge in [0.2, 0.25) is 0 Å². The number of hydrogen-bond donors (Lipinski definition) is 1. The average molecular weight is 286 g/mol. The molecule has 1 N–H and O–H groups in total. The highest BCUT2D eigenvalue weighted by Crippen LogP contribution is 2.34. The topological polar surface area (TPSA) is 65.0 Å². The molecule has 0 atom stereocenters. The number of rotatable bonds is 6. The number of ether oxygens (including phenoxy) is 1. The van der Waals surface area contributed by atoms with Gasteiger partial charge in [-0.15, -0.1) is 4.33 Å². The molecule has 8 heteroatoms. The number of hydrogen-bond acceptors (Lipinski definition) is 6. The van der Waals surface area contributed by atoms with Gasteiger partial charge in [0.1, 0.15) is 18.1 Å². The van der Waals surface area contributed by atoms with Crippen molar-refractivity contribution < 1.29 is 32.9 Å². The van der Waals surface area contributed by atoms with Crippen LogP contribution in [-0.2, 0) is 18.9 Å². The second-order valence-electron chi connectivity index (χ2n) is 4.20. The maximum absolute atomic E-state index is 13.1. The lowest BCUT2D eigenvalue weighted by Crippen LogP contribution is -2.33. The van der Waals surface area contributed by atoms with Crippen molar-refractivity contribution in [3.63, 3.8) is 0 Å². The third-order valence-corrected chi connectivity index (χ3v) is 3.56. The van der Waals surface area contributed by atoms with E-state index in [2.05, 4.69) is 16.3 Å². The monoisotopic (exact) mass is 286 g/mol. The van der Waals surface area contributed by atoms with Crippen LogP contribution >= 0.6 is 12.0 Å². The van der Waals surface area contributed by atoms with Crippen LogP contribution in [-0.4, -0.2) is 22.6 Å². The quantitative estimate of drug-likeness (QED) is 0.350. The minimum absolute atomic E-state index is 0.471. The second-order valence-corrected chi connectivity index (χ2v) is 5.01. The van der Waals surface area contributed by atoms with Crippen LogP contribution in [0, 0.1) is 5.92 Å². The van der Waals surface area contributed by atoms with Crippen LogP contribution in [0.1, 0.15) is 39.0 Å². The molecule has 0 aromatic carbocycles. The molecule has 1 fully saturated rings. The summed E-state index contributed by atoms with van der Waals surface area (Å²) < 4.78 is 34.4. The van der Waals surface area contributed by atoms with E-state index in [9.17, 15) is 13.6 Å². The number of esters is 1. The van der Waals surface area contributed by atoms with Crippen molar-refractivity contribution in [1.29, 1.82) is 0 Å².